The van der Waals surface area contributed by atoms with Gasteiger partial charge in [-0.05, 0) is 44.0 Å². The predicted molar refractivity (Wildman–Crippen MR) is 78.2 cm³/mol. The van der Waals surface area contributed by atoms with Crippen LogP contribution < -0.4 is 5.32 Å². The Morgan fingerprint density at radius 2 is 2.21 bits per heavy atom. The molecule has 2 aromatic rings. The lowest BCUT2D eigenvalue weighted by molar-refractivity contribution is 0.0953. The Bertz CT molecular complexity index is 647. The van der Waals surface area contributed by atoms with Gasteiger partial charge in [0.15, 0.2) is 0 Å². The van der Waals surface area contributed by atoms with Crippen LogP contribution in [0, 0.1) is 26.2 Å². The van der Waals surface area contributed by atoms with E-state index in [0.717, 1.165) is 23.0 Å². The van der Waals surface area contributed by atoms with E-state index >= 15 is 0 Å². The maximum absolute atomic E-state index is 12.0. The number of rotatable bonds is 4. The molecule has 0 atom stereocenters. The first-order chi connectivity index (χ1) is 9.13. The van der Waals surface area contributed by atoms with Crippen molar-refractivity contribution in [1.29, 1.82) is 0 Å². The Morgan fingerprint density at radius 1 is 1.42 bits per heavy atom. The van der Waals surface area contributed by atoms with Crippen LogP contribution in [-0.4, -0.2) is 17.4 Å². The summed E-state index contributed by atoms with van der Waals surface area (Å²) in [6.45, 7) is 4.71. The van der Waals surface area contributed by atoms with Crippen molar-refractivity contribution >= 4 is 16.8 Å². The summed E-state index contributed by atoms with van der Waals surface area (Å²) >= 11 is 0. The van der Waals surface area contributed by atoms with Crippen LogP contribution in [0.25, 0.3) is 10.9 Å². The third kappa shape index (κ3) is 2.79. The van der Waals surface area contributed by atoms with E-state index in [-0.39, 0.29) is 5.91 Å². The fourth-order valence-corrected chi connectivity index (χ4v) is 2.10. The number of H-pyrrole nitrogens is 1. The topological polar surface area (TPSA) is 44.9 Å². The normalized spacial score (nSPS) is 10.4. The molecule has 98 valence electrons. The Kier molecular flexibility index (Phi) is 3.91. The average Bonchev–Trinajstić information content (AvgIpc) is 2.70. The average molecular weight is 254 g/mol. The largest absolute Gasteiger partial charge is 0.358 e. The molecular formula is C16H18N2O. The highest BCUT2D eigenvalue weighted by Crippen LogP contribution is 2.22. The maximum atomic E-state index is 12.0. The van der Waals surface area contributed by atoms with Crippen LogP contribution in [0.2, 0.25) is 0 Å². The van der Waals surface area contributed by atoms with Gasteiger partial charge in [0.1, 0.15) is 0 Å². The Labute approximate surface area is 113 Å². The number of nitrogens with one attached hydrogen (secondary N) is 2. The molecule has 1 aromatic carbocycles. The van der Waals surface area contributed by atoms with E-state index in [1.807, 2.05) is 25.1 Å². The van der Waals surface area contributed by atoms with Gasteiger partial charge in [-0.15, -0.1) is 12.3 Å². The summed E-state index contributed by atoms with van der Waals surface area (Å²) in [4.78, 5) is 15.3. The number of carbonyl (C=O) groups is 1. The van der Waals surface area contributed by atoms with Gasteiger partial charge < -0.3 is 10.3 Å². The molecule has 0 spiro atoms. The smallest absolute Gasteiger partial charge is 0.251 e. The summed E-state index contributed by atoms with van der Waals surface area (Å²) in [6, 6.07) is 5.73. The zero-order valence-electron chi connectivity index (χ0n) is 11.3. The van der Waals surface area contributed by atoms with E-state index < -0.39 is 0 Å². The molecule has 0 radical (unpaired) electrons. The lowest BCUT2D eigenvalue weighted by Crippen LogP contribution is -2.24. The number of aromatic amines is 1. The van der Waals surface area contributed by atoms with E-state index in [0.29, 0.717) is 18.5 Å². The van der Waals surface area contributed by atoms with Crippen molar-refractivity contribution in [3.8, 4) is 12.3 Å². The molecule has 0 fully saturated rings. The third-order valence-corrected chi connectivity index (χ3v) is 3.35. The van der Waals surface area contributed by atoms with Crippen LogP contribution in [0.3, 0.4) is 0 Å². The molecule has 2 rings (SSSR count). The van der Waals surface area contributed by atoms with E-state index in [1.54, 1.807) is 0 Å². The summed E-state index contributed by atoms with van der Waals surface area (Å²) in [5.41, 5.74) is 4.09. The highest BCUT2D eigenvalue weighted by molar-refractivity contribution is 5.99. The summed E-state index contributed by atoms with van der Waals surface area (Å²) < 4.78 is 0. The third-order valence-electron chi connectivity index (χ3n) is 3.35. The van der Waals surface area contributed by atoms with Crippen molar-refractivity contribution in [1.82, 2.24) is 10.3 Å². The molecular weight excluding hydrogens is 236 g/mol. The quantitative estimate of drug-likeness (QED) is 0.639. The first-order valence-corrected chi connectivity index (χ1v) is 6.44. The number of carbonyl (C=O) groups excluding carboxylic acids is 1. The molecule has 3 heteroatoms. The number of unbranched alkanes of at least 4 members (excludes halogenated alkanes) is 1. The minimum atomic E-state index is -0.0443. The minimum absolute atomic E-state index is 0.0443. The molecule has 1 heterocycles. The van der Waals surface area contributed by atoms with Gasteiger partial charge in [-0.2, -0.15) is 0 Å². The van der Waals surface area contributed by atoms with Crippen molar-refractivity contribution in [2.24, 2.45) is 0 Å². The predicted octanol–water partition coefficient (Wildman–Crippen LogP) is 2.93. The van der Waals surface area contributed by atoms with Crippen molar-refractivity contribution in [2.75, 3.05) is 6.54 Å². The maximum Gasteiger partial charge on any atom is 0.251 e. The summed E-state index contributed by atoms with van der Waals surface area (Å²) in [5.74, 6) is 2.52. The van der Waals surface area contributed by atoms with Crippen molar-refractivity contribution < 1.29 is 4.79 Å². The van der Waals surface area contributed by atoms with Crippen LogP contribution in [0.1, 0.15) is 34.5 Å². The van der Waals surface area contributed by atoms with Gasteiger partial charge >= 0.3 is 0 Å². The van der Waals surface area contributed by atoms with Crippen molar-refractivity contribution in [3.63, 3.8) is 0 Å². The molecule has 0 unspecified atom stereocenters. The Balaban J connectivity index is 2.14. The lowest BCUT2D eigenvalue weighted by atomic mass is 10.1. The molecule has 1 amide bonds. The number of terminal acetylenes is 1. The zero-order valence-corrected chi connectivity index (χ0v) is 11.3. The second kappa shape index (κ2) is 5.62. The van der Waals surface area contributed by atoms with Crippen molar-refractivity contribution in [2.45, 2.75) is 26.7 Å². The Hall–Kier alpha value is -2.21. The van der Waals surface area contributed by atoms with E-state index in [2.05, 4.69) is 23.1 Å². The van der Waals surface area contributed by atoms with Crippen LogP contribution in [0.5, 0.6) is 0 Å². The monoisotopic (exact) mass is 254 g/mol. The fraction of sp³-hybridized carbons (Fsp3) is 0.312. The molecule has 0 aliphatic carbocycles. The molecule has 1 aromatic heterocycles. The van der Waals surface area contributed by atoms with E-state index in [9.17, 15) is 4.79 Å². The first-order valence-electron chi connectivity index (χ1n) is 6.44. The zero-order chi connectivity index (χ0) is 13.8. The number of fused-ring (bicyclic) bond motifs is 1. The number of hydrogen-bond acceptors (Lipinski definition) is 1. The van der Waals surface area contributed by atoms with Crippen LogP contribution in [-0.2, 0) is 0 Å². The molecule has 0 aliphatic rings. The molecule has 0 bridgehead atoms. The highest BCUT2D eigenvalue weighted by Gasteiger charge is 2.09. The van der Waals surface area contributed by atoms with E-state index in [4.69, 9.17) is 6.42 Å². The van der Waals surface area contributed by atoms with Gasteiger partial charge in [0.05, 0.1) is 0 Å². The van der Waals surface area contributed by atoms with Crippen LogP contribution in [0.4, 0.5) is 0 Å². The second-order valence-electron chi connectivity index (χ2n) is 4.70. The molecule has 0 saturated heterocycles. The molecule has 0 saturated carbocycles. The van der Waals surface area contributed by atoms with Crippen LogP contribution >= 0.6 is 0 Å². The fourth-order valence-electron chi connectivity index (χ4n) is 2.10. The molecule has 3 nitrogen and oxygen atoms in total. The number of aryl methyl sites for hydroxylation is 2. The first kappa shape index (κ1) is 13.2. The van der Waals surface area contributed by atoms with Gasteiger partial charge in [0.25, 0.3) is 5.91 Å². The molecule has 0 aliphatic heterocycles. The number of aromatic nitrogens is 1. The number of benzene rings is 1. The van der Waals surface area contributed by atoms with Gasteiger partial charge in [-0.3, -0.25) is 4.79 Å². The van der Waals surface area contributed by atoms with Gasteiger partial charge in [-0.25, -0.2) is 0 Å². The summed E-state index contributed by atoms with van der Waals surface area (Å²) in [5, 5.41) is 3.99. The summed E-state index contributed by atoms with van der Waals surface area (Å²) in [6.07, 6.45) is 6.67. The van der Waals surface area contributed by atoms with Crippen molar-refractivity contribution in [3.05, 3.63) is 35.0 Å². The number of hydrogen-bond donors (Lipinski definition) is 2. The van der Waals surface area contributed by atoms with Gasteiger partial charge in [0.2, 0.25) is 0 Å². The molecule has 2 N–H and O–H groups in total. The molecule has 19 heavy (non-hydrogen) atoms. The number of amides is 1. The highest BCUT2D eigenvalue weighted by atomic mass is 16.1. The minimum Gasteiger partial charge on any atom is -0.358 e. The van der Waals surface area contributed by atoms with Gasteiger partial charge in [0, 0.05) is 35.1 Å². The standard InChI is InChI=1S/C16H18N2O/c1-4-5-6-9-17-16(19)13-7-8-15-14(10-13)11(2)12(3)18-15/h1,7-8,10,18H,5-6,9H2,2-3H3,(H,17,19). The Morgan fingerprint density at radius 3 is 2.95 bits per heavy atom. The second-order valence-corrected chi connectivity index (χ2v) is 4.70. The lowest BCUT2D eigenvalue weighted by Gasteiger charge is -2.04. The van der Waals surface area contributed by atoms with Gasteiger partial charge in [-0.1, -0.05) is 0 Å². The van der Waals surface area contributed by atoms with Crippen LogP contribution in [0.15, 0.2) is 18.2 Å². The SMILES string of the molecule is C#CCCCNC(=O)c1ccc2[nH]c(C)c(C)c2c1. The summed E-state index contributed by atoms with van der Waals surface area (Å²) in [7, 11) is 0. The van der Waals surface area contributed by atoms with E-state index in [1.165, 1.54) is 5.56 Å².